The third-order valence-corrected chi connectivity index (χ3v) is 9.85. The molecule has 4 heterocycles. The molecule has 6 rings (SSSR count). The Balaban J connectivity index is 1.39. The molecule has 0 bridgehead atoms. The Morgan fingerprint density at radius 1 is 1.00 bits per heavy atom. The number of hydrogen-bond donors (Lipinski definition) is 0. The number of ether oxygens (including phenoxy) is 1. The minimum absolute atomic E-state index is 0.00310. The molecular weight excluding hydrogens is 474 g/mol. The maximum atomic E-state index is 13.6. The van der Waals surface area contributed by atoms with Gasteiger partial charge in [-0.15, -0.1) is 0 Å². The standard InChI is InChI=1S/C28H33N3O4S/c1-2-36(33,34)31-26-8-7-21(28(32)30-13-9-20-5-3-4-6-22(20)18-30)17-24(26)25-19-29(14-10-27(25)31)23-11-15-35-16-12-23/h3-8,17,23H,2,9-16,18-19H2,1H3. The lowest BCUT2D eigenvalue weighted by molar-refractivity contribution is 0.0290. The summed E-state index contributed by atoms with van der Waals surface area (Å²) in [6.45, 7) is 6.08. The molecule has 190 valence electrons. The number of nitrogens with zero attached hydrogens (tertiary/aromatic N) is 3. The average Bonchev–Trinajstić information content (AvgIpc) is 3.26. The molecule has 3 aliphatic rings. The van der Waals surface area contributed by atoms with E-state index in [9.17, 15) is 13.2 Å². The molecule has 7 nitrogen and oxygen atoms in total. The van der Waals surface area contributed by atoms with Gasteiger partial charge in [0.15, 0.2) is 0 Å². The molecule has 0 atom stereocenters. The molecule has 2 aromatic carbocycles. The quantitative estimate of drug-likeness (QED) is 0.540. The molecule has 3 aromatic rings. The summed E-state index contributed by atoms with van der Waals surface area (Å²) in [6.07, 6.45) is 3.54. The van der Waals surface area contributed by atoms with Crippen molar-refractivity contribution in [2.24, 2.45) is 0 Å². The molecule has 1 fully saturated rings. The molecule has 0 unspecified atom stereocenters. The molecule has 0 N–H and O–H groups in total. The largest absolute Gasteiger partial charge is 0.381 e. The zero-order valence-corrected chi connectivity index (χ0v) is 21.6. The minimum atomic E-state index is -3.47. The summed E-state index contributed by atoms with van der Waals surface area (Å²) in [5, 5.41) is 0.891. The molecule has 0 aliphatic carbocycles. The van der Waals surface area contributed by atoms with Crippen molar-refractivity contribution in [2.45, 2.75) is 51.7 Å². The number of hydrogen-bond acceptors (Lipinski definition) is 5. The third-order valence-electron chi connectivity index (χ3n) is 8.15. The van der Waals surface area contributed by atoms with Crippen molar-refractivity contribution in [2.75, 3.05) is 32.1 Å². The first-order valence-corrected chi connectivity index (χ1v) is 14.6. The number of amides is 1. The van der Waals surface area contributed by atoms with Crippen LogP contribution >= 0.6 is 0 Å². The third kappa shape index (κ3) is 4.05. The van der Waals surface area contributed by atoms with Gasteiger partial charge in [0.1, 0.15) is 0 Å². The van der Waals surface area contributed by atoms with E-state index in [0.717, 1.165) is 55.7 Å². The summed E-state index contributed by atoms with van der Waals surface area (Å²) in [4.78, 5) is 18.0. The van der Waals surface area contributed by atoms with Crippen LogP contribution in [0.1, 0.15) is 52.5 Å². The van der Waals surface area contributed by atoms with E-state index in [-0.39, 0.29) is 11.7 Å². The van der Waals surface area contributed by atoms with Crippen LogP contribution in [0, 0.1) is 0 Å². The van der Waals surface area contributed by atoms with Crippen LogP contribution in [0.25, 0.3) is 10.9 Å². The number of carbonyl (C=O) groups is 1. The van der Waals surface area contributed by atoms with Gasteiger partial charge in [0.25, 0.3) is 5.91 Å². The van der Waals surface area contributed by atoms with Crippen molar-refractivity contribution in [3.05, 3.63) is 70.4 Å². The van der Waals surface area contributed by atoms with E-state index in [0.29, 0.717) is 43.2 Å². The van der Waals surface area contributed by atoms with Gasteiger partial charge < -0.3 is 9.64 Å². The first-order valence-electron chi connectivity index (χ1n) is 13.0. The molecule has 36 heavy (non-hydrogen) atoms. The Bertz CT molecular complexity index is 1420. The molecule has 3 aliphatic heterocycles. The van der Waals surface area contributed by atoms with Crippen molar-refractivity contribution in [1.29, 1.82) is 0 Å². The van der Waals surface area contributed by atoms with Gasteiger partial charge in [0.05, 0.1) is 11.3 Å². The van der Waals surface area contributed by atoms with Crippen molar-refractivity contribution in [1.82, 2.24) is 13.8 Å². The van der Waals surface area contributed by atoms with Crippen LogP contribution in [-0.2, 0) is 40.7 Å². The van der Waals surface area contributed by atoms with Crippen LogP contribution in [0.5, 0.6) is 0 Å². The average molecular weight is 508 g/mol. The van der Waals surface area contributed by atoms with Gasteiger partial charge in [-0.25, -0.2) is 12.4 Å². The highest BCUT2D eigenvalue weighted by Gasteiger charge is 2.32. The van der Waals surface area contributed by atoms with Crippen LogP contribution < -0.4 is 0 Å². The fourth-order valence-electron chi connectivity index (χ4n) is 6.13. The van der Waals surface area contributed by atoms with Crippen molar-refractivity contribution in [3.8, 4) is 0 Å². The Kier molecular flexibility index (Phi) is 6.14. The van der Waals surface area contributed by atoms with Crippen LogP contribution in [-0.4, -0.2) is 66.2 Å². The second-order valence-corrected chi connectivity index (χ2v) is 12.2. The fourth-order valence-corrected chi connectivity index (χ4v) is 7.39. The predicted molar refractivity (Wildman–Crippen MR) is 140 cm³/mol. The van der Waals surface area contributed by atoms with Gasteiger partial charge in [-0.05, 0) is 61.1 Å². The molecule has 8 heteroatoms. The fraction of sp³-hybridized carbons (Fsp3) is 0.464. The summed E-state index contributed by atoms with van der Waals surface area (Å²) >= 11 is 0. The zero-order chi connectivity index (χ0) is 24.9. The molecule has 0 radical (unpaired) electrons. The highest BCUT2D eigenvalue weighted by Crippen LogP contribution is 2.35. The van der Waals surface area contributed by atoms with Gasteiger partial charge in [-0.2, -0.15) is 0 Å². The summed E-state index contributed by atoms with van der Waals surface area (Å²) in [7, 11) is -3.47. The maximum absolute atomic E-state index is 13.6. The van der Waals surface area contributed by atoms with Gasteiger partial charge in [-0.3, -0.25) is 9.69 Å². The van der Waals surface area contributed by atoms with Gasteiger partial charge >= 0.3 is 0 Å². The van der Waals surface area contributed by atoms with E-state index in [1.807, 2.05) is 29.2 Å². The molecular formula is C28H33N3O4S. The zero-order valence-electron chi connectivity index (χ0n) is 20.8. The number of carbonyl (C=O) groups excluding carboxylic acids is 1. The van der Waals surface area contributed by atoms with Gasteiger partial charge in [-0.1, -0.05) is 24.3 Å². The predicted octanol–water partition coefficient (Wildman–Crippen LogP) is 3.57. The van der Waals surface area contributed by atoms with Crippen LogP contribution in [0.2, 0.25) is 0 Å². The lowest BCUT2D eigenvalue weighted by atomic mass is 9.98. The summed E-state index contributed by atoms with van der Waals surface area (Å²) < 4.78 is 33.5. The Labute approximate surface area is 212 Å². The van der Waals surface area contributed by atoms with E-state index in [1.54, 1.807) is 17.0 Å². The van der Waals surface area contributed by atoms with Crippen molar-refractivity contribution >= 4 is 26.8 Å². The summed E-state index contributed by atoms with van der Waals surface area (Å²) in [5.41, 5.74) is 5.75. The van der Waals surface area contributed by atoms with E-state index in [2.05, 4.69) is 17.0 Å². The van der Waals surface area contributed by atoms with Crippen LogP contribution in [0.3, 0.4) is 0 Å². The molecule has 0 spiro atoms. The number of benzene rings is 2. The molecule has 1 amide bonds. The van der Waals surface area contributed by atoms with Crippen molar-refractivity contribution in [3.63, 3.8) is 0 Å². The van der Waals surface area contributed by atoms with Crippen LogP contribution in [0.15, 0.2) is 42.5 Å². The number of fused-ring (bicyclic) bond motifs is 4. The second-order valence-electron chi connectivity index (χ2n) is 10.1. The maximum Gasteiger partial charge on any atom is 0.254 e. The Hall–Kier alpha value is -2.68. The van der Waals surface area contributed by atoms with Crippen LogP contribution in [0.4, 0.5) is 0 Å². The topological polar surface area (TPSA) is 71.9 Å². The number of aromatic nitrogens is 1. The summed E-state index contributed by atoms with van der Waals surface area (Å²) in [6, 6.07) is 14.3. The normalized spacial score (nSPS) is 19.3. The van der Waals surface area contributed by atoms with E-state index < -0.39 is 10.0 Å². The van der Waals surface area contributed by atoms with E-state index in [1.165, 1.54) is 11.1 Å². The minimum Gasteiger partial charge on any atom is -0.381 e. The van der Waals surface area contributed by atoms with E-state index >= 15 is 0 Å². The smallest absolute Gasteiger partial charge is 0.254 e. The van der Waals surface area contributed by atoms with E-state index in [4.69, 9.17) is 4.74 Å². The Morgan fingerprint density at radius 3 is 2.56 bits per heavy atom. The highest BCUT2D eigenvalue weighted by molar-refractivity contribution is 7.90. The van der Waals surface area contributed by atoms with Crippen molar-refractivity contribution < 1.29 is 17.9 Å². The first kappa shape index (κ1) is 23.7. The number of rotatable bonds is 4. The molecule has 0 saturated carbocycles. The lowest BCUT2D eigenvalue weighted by Gasteiger charge is -2.37. The van der Waals surface area contributed by atoms with Gasteiger partial charge in [0.2, 0.25) is 10.0 Å². The lowest BCUT2D eigenvalue weighted by Crippen LogP contribution is -2.42. The molecule has 1 saturated heterocycles. The monoisotopic (exact) mass is 507 g/mol. The Morgan fingerprint density at radius 2 is 1.78 bits per heavy atom. The SMILES string of the molecule is CCS(=O)(=O)n1c2c(c3cc(C(=O)N4CCc5ccccc5C4)ccc31)CN(C1CCOCC1)CC2. The highest BCUT2D eigenvalue weighted by atomic mass is 32.2. The van der Waals surface area contributed by atoms with Gasteiger partial charge in [0, 0.05) is 68.5 Å². The second kappa shape index (κ2) is 9.32. The first-order chi connectivity index (χ1) is 17.5. The molecule has 1 aromatic heterocycles. The summed E-state index contributed by atoms with van der Waals surface area (Å²) in [5.74, 6) is 0.0455.